The van der Waals surface area contributed by atoms with Gasteiger partial charge in [-0.2, -0.15) is 0 Å². The molecule has 0 fully saturated rings. The van der Waals surface area contributed by atoms with E-state index in [-0.39, 0.29) is 24.0 Å². The maximum absolute atomic E-state index is 13.5. The largest absolute Gasteiger partial charge is 0.497 e. The van der Waals surface area contributed by atoms with Crippen LogP contribution in [0.4, 0.5) is 10.7 Å². The minimum Gasteiger partial charge on any atom is -0.497 e. The highest BCUT2D eigenvalue weighted by atomic mass is 32.2. The van der Waals surface area contributed by atoms with Crippen molar-refractivity contribution < 1.29 is 28.7 Å². The molecule has 3 N–H and O–H groups in total. The number of thiophene rings is 1. The van der Waals surface area contributed by atoms with Crippen molar-refractivity contribution in [3.05, 3.63) is 112 Å². The van der Waals surface area contributed by atoms with Crippen LogP contribution < -0.4 is 20.7 Å². The van der Waals surface area contributed by atoms with E-state index in [9.17, 15) is 19.2 Å². The summed E-state index contributed by atoms with van der Waals surface area (Å²) in [7, 11) is 1.55. The molecule has 11 heteroatoms. The van der Waals surface area contributed by atoms with Crippen molar-refractivity contribution >= 4 is 63.6 Å². The Morgan fingerprint density at radius 2 is 1.69 bits per heavy atom. The average molecular weight is 684 g/mol. The highest BCUT2D eigenvalue weighted by Gasteiger charge is 2.26. The van der Waals surface area contributed by atoms with E-state index in [2.05, 4.69) is 16.0 Å². The molecule has 1 aliphatic rings. The summed E-state index contributed by atoms with van der Waals surface area (Å²) in [6.45, 7) is 2.03. The zero-order valence-corrected chi connectivity index (χ0v) is 28.4. The first-order chi connectivity index (χ1) is 23.3. The molecule has 0 unspecified atom stereocenters. The number of fused-ring (bicyclic) bond motifs is 1. The quantitative estimate of drug-likeness (QED) is 0.0618. The van der Waals surface area contributed by atoms with Gasteiger partial charge in [0.15, 0.2) is 0 Å². The summed E-state index contributed by atoms with van der Waals surface area (Å²) in [6, 6.07) is 22.9. The van der Waals surface area contributed by atoms with Crippen LogP contribution in [0.15, 0.2) is 89.5 Å². The van der Waals surface area contributed by atoms with Gasteiger partial charge in [0.1, 0.15) is 16.4 Å². The maximum atomic E-state index is 13.5. The normalized spacial score (nSPS) is 12.7. The third-order valence-corrected chi connectivity index (χ3v) is 9.75. The Hall–Kier alpha value is -4.87. The lowest BCUT2D eigenvalue weighted by Crippen LogP contribution is -2.30. The second kappa shape index (κ2) is 16.8. The highest BCUT2D eigenvalue weighted by molar-refractivity contribution is 8.00. The van der Waals surface area contributed by atoms with Crippen LogP contribution in [0.1, 0.15) is 62.9 Å². The van der Waals surface area contributed by atoms with Crippen molar-refractivity contribution in [3.8, 4) is 5.75 Å². The fourth-order valence-electron chi connectivity index (χ4n) is 5.26. The van der Waals surface area contributed by atoms with E-state index in [1.165, 1.54) is 23.1 Å². The van der Waals surface area contributed by atoms with Crippen LogP contribution >= 0.6 is 23.1 Å². The fourth-order valence-corrected chi connectivity index (χ4v) is 7.31. The number of ether oxygens (including phenoxy) is 2. The molecule has 48 heavy (non-hydrogen) atoms. The summed E-state index contributed by atoms with van der Waals surface area (Å²) in [5, 5.41) is 9.10. The molecule has 3 aromatic carbocycles. The summed E-state index contributed by atoms with van der Waals surface area (Å²) in [5.41, 5.74) is 3.09. The van der Waals surface area contributed by atoms with Gasteiger partial charge < -0.3 is 25.4 Å². The van der Waals surface area contributed by atoms with Crippen LogP contribution in [0.25, 0.3) is 6.08 Å². The SMILES string of the molecule is CCOC(=O)c1c(NC(=O)CSc2cccc(NC(=O)/C(=C/c3cccc(OC)c3)NC(=O)c3ccccc3)c2)sc2c1CCCCC2. The summed E-state index contributed by atoms with van der Waals surface area (Å²) in [4.78, 5) is 54.4. The van der Waals surface area contributed by atoms with Crippen LogP contribution in [0.3, 0.4) is 0 Å². The first-order valence-corrected chi connectivity index (χ1v) is 17.5. The predicted octanol–water partition coefficient (Wildman–Crippen LogP) is 7.34. The monoisotopic (exact) mass is 683 g/mol. The third kappa shape index (κ3) is 9.14. The van der Waals surface area contributed by atoms with E-state index >= 15 is 0 Å². The van der Waals surface area contributed by atoms with Crippen LogP contribution in [-0.2, 0) is 27.2 Å². The lowest BCUT2D eigenvalue weighted by atomic mass is 10.1. The second-order valence-corrected chi connectivity index (χ2v) is 13.1. The van der Waals surface area contributed by atoms with Crippen molar-refractivity contribution in [1.82, 2.24) is 5.32 Å². The van der Waals surface area contributed by atoms with Gasteiger partial charge >= 0.3 is 5.97 Å². The number of rotatable bonds is 12. The van der Waals surface area contributed by atoms with E-state index in [0.29, 0.717) is 33.1 Å². The lowest BCUT2D eigenvalue weighted by molar-refractivity contribution is -0.114. The van der Waals surface area contributed by atoms with Gasteiger partial charge in [0.2, 0.25) is 5.91 Å². The van der Waals surface area contributed by atoms with E-state index < -0.39 is 17.8 Å². The molecule has 3 amide bonds. The molecule has 4 aromatic rings. The summed E-state index contributed by atoms with van der Waals surface area (Å²) < 4.78 is 10.6. The number of anilines is 2. The Morgan fingerprint density at radius 3 is 2.48 bits per heavy atom. The van der Waals surface area contributed by atoms with Gasteiger partial charge in [0.05, 0.1) is 25.0 Å². The molecule has 1 aliphatic carbocycles. The number of nitrogens with one attached hydrogen (secondary N) is 3. The number of hydrogen-bond acceptors (Lipinski definition) is 8. The lowest BCUT2D eigenvalue weighted by Gasteiger charge is -2.12. The maximum Gasteiger partial charge on any atom is 0.341 e. The van der Waals surface area contributed by atoms with Crippen molar-refractivity contribution in [2.75, 3.05) is 30.1 Å². The molecule has 1 heterocycles. The number of aryl methyl sites for hydroxylation is 1. The molecule has 0 bridgehead atoms. The number of amides is 3. The van der Waals surface area contributed by atoms with E-state index in [1.807, 2.05) is 12.1 Å². The molecule has 5 rings (SSSR count). The molecule has 0 aliphatic heterocycles. The minimum atomic E-state index is -0.522. The minimum absolute atomic E-state index is 0.0429. The Balaban J connectivity index is 1.27. The van der Waals surface area contributed by atoms with Gasteiger partial charge in [0.25, 0.3) is 11.8 Å². The standard InChI is InChI=1S/C37H37N3O6S2/c1-3-46-37(44)33-29-18-8-5-9-19-31(29)48-36(33)40-32(41)23-47-28-17-11-15-26(22-28)38-35(43)30(21-24-12-10-16-27(20-24)45-2)39-34(42)25-13-6-4-7-14-25/h4,6-7,10-17,20-22H,3,5,8-9,18-19,23H2,1-2H3,(H,38,43)(H,39,42)(H,40,41)/b30-21-. The number of carbonyl (C=O) groups excluding carboxylic acids is 4. The number of carbonyl (C=O) groups is 4. The molecule has 0 spiro atoms. The zero-order chi connectivity index (χ0) is 33.9. The predicted molar refractivity (Wildman–Crippen MR) is 191 cm³/mol. The molecule has 248 valence electrons. The Bertz CT molecular complexity index is 1820. The van der Waals surface area contributed by atoms with Crippen molar-refractivity contribution in [2.45, 2.75) is 43.9 Å². The number of methoxy groups -OCH3 is 1. The summed E-state index contributed by atoms with van der Waals surface area (Å²) in [5.74, 6) is -0.893. The van der Waals surface area contributed by atoms with Crippen molar-refractivity contribution in [2.24, 2.45) is 0 Å². The molecule has 9 nitrogen and oxygen atoms in total. The van der Waals surface area contributed by atoms with Gasteiger partial charge in [-0.05, 0) is 92.3 Å². The first-order valence-electron chi connectivity index (χ1n) is 15.7. The fraction of sp³-hybridized carbons (Fsp3) is 0.243. The van der Waals surface area contributed by atoms with E-state index in [1.54, 1.807) is 86.8 Å². The Labute approximate surface area is 288 Å². The van der Waals surface area contributed by atoms with E-state index in [4.69, 9.17) is 9.47 Å². The average Bonchev–Trinajstić information content (AvgIpc) is 3.27. The second-order valence-electron chi connectivity index (χ2n) is 11.0. The van der Waals surface area contributed by atoms with Gasteiger partial charge in [-0.15, -0.1) is 23.1 Å². The molecular formula is C37H37N3O6S2. The smallest absolute Gasteiger partial charge is 0.341 e. The molecule has 0 saturated heterocycles. The summed E-state index contributed by atoms with van der Waals surface area (Å²) >= 11 is 2.77. The summed E-state index contributed by atoms with van der Waals surface area (Å²) in [6.07, 6.45) is 6.45. The van der Waals surface area contributed by atoms with Crippen molar-refractivity contribution in [3.63, 3.8) is 0 Å². The number of thioether (sulfide) groups is 1. The third-order valence-electron chi connectivity index (χ3n) is 7.55. The number of hydrogen-bond donors (Lipinski definition) is 3. The van der Waals surface area contributed by atoms with Gasteiger partial charge in [-0.25, -0.2) is 4.79 Å². The number of benzene rings is 3. The van der Waals surface area contributed by atoms with Gasteiger partial charge in [-0.3, -0.25) is 14.4 Å². The van der Waals surface area contributed by atoms with E-state index in [0.717, 1.165) is 47.4 Å². The molecule has 0 saturated carbocycles. The zero-order valence-electron chi connectivity index (χ0n) is 26.8. The Kier molecular flexibility index (Phi) is 12.1. The Morgan fingerprint density at radius 1 is 0.896 bits per heavy atom. The molecular weight excluding hydrogens is 647 g/mol. The topological polar surface area (TPSA) is 123 Å². The number of esters is 1. The first kappa shape index (κ1) is 34.5. The van der Waals surface area contributed by atoms with Gasteiger partial charge in [0, 0.05) is 21.0 Å². The molecule has 0 atom stereocenters. The van der Waals surface area contributed by atoms with Gasteiger partial charge in [-0.1, -0.05) is 42.8 Å². The van der Waals surface area contributed by atoms with Crippen LogP contribution in [-0.4, -0.2) is 43.2 Å². The van der Waals surface area contributed by atoms with Crippen LogP contribution in [0.5, 0.6) is 5.75 Å². The molecule has 0 radical (unpaired) electrons. The van der Waals surface area contributed by atoms with Crippen molar-refractivity contribution in [1.29, 1.82) is 0 Å². The van der Waals surface area contributed by atoms with Crippen LogP contribution in [0, 0.1) is 0 Å². The van der Waals surface area contributed by atoms with Crippen LogP contribution in [0.2, 0.25) is 0 Å². The highest BCUT2D eigenvalue weighted by Crippen LogP contribution is 2.38. The molecule has 1 aromatic heterocycles.